The van der Waals surface area contributed by atoms with Gasteiger partial charge in [-0.1, -0.05) is 26.0 Å². The van der Waals surface area contributed by atoms with Crippen molar-refractivity contribution < 1.29 is 4.79 Å². The molecule has 0 spiro atoms. The summed E-state index contributed by atoms with van der Waals surface area (Å²) in [5.41, 5.74) is 1.04. The third-order valence-corrected chi connectivity index (χ3v) is 5.59. The molecule has 1 N–H and O–H groups in total. The first-order chi connectivity index (χ1) is 9.90. The number of thiazole rings is 1. The highest BCUT2D eigenvalue weighted by Gasteiger charge is 2.24. The van der Waals surface area contributed by atoms with Crippen LogP contribution in [0.2, 0.25) is 0 Å². The van der Waals surface area contributed by atoms with Crippen LogP contribution in [0.3, 0.4) is 0 Å². The summed E-state index contributed by atoms with van der Waals surface area (Å²) >= 11 is 1.72. The minimum absolute atomic E-state index is 0.00454. The van der Waals surface area contributed by atoms with E-state index in [-0.39, 0.29) is 18.1 Å². The molecule has 1 aromatic heterocycles. The predicted octanol–water partition coefficient (Wildman–Crippen LogP) is 4.00. The Morgan fingerprint density at radius 3 is 2.52 bits per heavy atom. The molecule has 2 rings (SSSR count). The second-order valence-corrected chi connectivity index (χ2v) is 7.09. The number of amides is 2. The molecule has 116 valence electrons. The van der Waals surface area contributed by atoms with Gasteiger partial charge in [-0.05, 0) is 26.7 Å². The van der Waals surface area contributed by atoms with Crippen LogP contribution in [-0.2, 0) is 0 Å². The lowest BCUT2D eigenvalue weighted by molar-refractivity contribution is 0.191. The molecule has 21 heavy (non-hydrogen) atoms. The van der Waals surface area contributed by atoms with E-state index in [1.54, 1.807) is 16.2 Å². The van der Waals surface area contributed by atoms with Gasteiger partial charge in [-0.2, -0.15) is 0 Å². The maximum atomic E-state index is 12.3. The van der Waals surface area contributed by atoms with Crippen molar-refractivity contribution in [3.05, 3.63) is 27.7 Å². The van der Waals surface area contributed by atoms with E-state index in [0.29, 0.717) is 5.92 Å². The maximum absolute atomic E-state index is 12.3. The third-order valence-electron chi connectivity index (χ3n) is 3.96. The number of rotatable bonds is 4. The van der Waals surface area contributed by atoms with E-state index in [2.05, 4.69) is 43.2 Å². The first-order valence-corrected chi connectivity index (χ1v) is 8.37. The number of aromatic nitrogens is 1. The highest BCUT2D eigenvalue weighted by atomic mass is 32.1. The zero-order chi connectivity index (χ0) is 15.6. The van der Waals surface area contributed by atoms with Crippen molar-refractivity contribution in [2.75, 3.05) is 7.05 Å². The molecule has 4 nitrogen and oxygen atoms in total. The lowest BCUT2D eigenvalue weighted by Crippen LogP contribution is -2.43. The summed E-state index contributed by atoms with van der Waals surface area (Å²) in [6.07, 6.45) is 6.11. The number of aryl methyl sites for hydroxylation is 1. The van der Waals surface area contributed by atoms with Crippen LogP contribution in [0, 0.1) is 6.92 Å². The molecule has 1 aliphatic rings. The van der Waals surface area contributed by atoms with Gasteiger partial charge < -0.3 is 10.2 Å². The number of hydrogen-bond donors (Lipinski definition) is 1. The summed E-state index contributed by atoms with van der Waals surface area (Å²) in [5, 5.41) is 4.23. The summed E-state index contributed by atoms with van der Waals surface area (Å²) in [6, 6.07) is 0.292. The van der Waals surface area contributed by atoms with Crippen LogP contribution in [0.1, 0.15) is 61.2 Å². The Kier molecular flexibility index (Phi) is 5.04. The summed E-state index contributed by atoms with van der Waals surface area (Å²) < 4.78 is 0. The van der Waals surface area contributed by atoms with Gasteiger partial charge in [0.15, 0.2) is 0 Å². The highest BCUT2D eigenvalue weighted by molar-refractivity contribution is 7.11. The molecule has 5 heteroatoms. The lowest BCUT2D eigenvalue weighted by Gasteiger charge is -2.26. The Morgan fingerprint density at radius 1 is 1.38 bits per heavy atom. The Labute approximate surface area is 131 Å². The van der Waals surface area contributed by atoms with Crippen molar-refractivity contribution in [1.29, 1.82) is 0 Å². The van der Waals surface area contributed by atoms with Crippen LogP contribution in [0.4, 0.5) is 4.79 Å². The fourth-order valence-electron chi connectivity index (χ4n) is 2.43. The SMILES string of the molecule is Cc1nc(C(C)C)sc1[C@@H](C)N(C)C(=O)NC1CC=CC1. The number of hydrogen-bond acceptors (Lipinski definition) is 3. The number of carbonyl (C=O) groups is 1. The molecular weight excluding hydrogens is 282 g/mol. The van der Waals surface area contributed by atoms with Crippen molar-refractivity contribution in [2.24, 2.45) is 0 Å². The second-order valence-electron chi connectivity index (χ2n) is 6.03. The van der Waals surface area contributed by atoms with Gasteiger partial charge in [0, 0.05) is 23.9 Å². The van der Waals surface area contributed by atoms with Gasteiger partial charge in [-0.25, -0.2) is 9.78 Å². The summed E-state index contributed by atoms with van der Waals surface area (Å²) in [4.78, 5) is 19.9. The van der Waals surface area contributed by atoms with E-state index in [0.717, 1.165) is 23.5 Å². The molecule has 0 radical (unpaired) electrons. The van der Waals surface area contributed by atoms with E-state index in [1.165, 1.54) is 4.88 Å². The molecule has 1 aliphatic carbocycles. The van der Waals surface area contributed by atoms with Gasteiger partial charge >= 0.3 is 6.03 Å². The molecule has 1 aromatic rings. The minimum Gasteiger partial charge on any atom is -0.335 e. The van der Waals surface area contributed by atoms with Crippen LogP contribution >= 0.6 is 11.3 Å². The maximum Gasteiger partial charge on any atom is 0.317 e. The predicted molar refractivity (Wildman–Crippen MR) is 87.8 cm³/mol. The number of nitrogens with one attached hydrogen (secondary N) is 1. The number of carbonyl (C=O) groups excluding carboxylic acids is 1. The fourth-order valence-corrected chi connectivity index (χ4v) is 3.59. The standard InChI is InChI=1S/C16H25N3OS/c1-10(2)15-17-11(3)14(21-15)12(4)19(5)16(20)18-13-8-6-7-9-13/h6-7,10,12-13H,8-9H2,1-5H3,(H,18,20)/t12-/m1/s1. The molecule has 0 aliphatic heterocycles. The number of nitrogens with zero attached hydrogens (tertiary/aromatic N) is 2. The molecule has 0 unspecified atom stereocenters. The second kappa shape index (κ2) is 6.60. The normalized spacial score (nSPS) is 16.5. The molecule has 1 atom stereocenters. The van der Waals surface area contributed by atoms with E-state index < -0.39 is 0 Å². The van der Waals surface area contributed by atoms with Crippen molar-refractivity contribution in [2.45, 2.75) is 58.5 Å². The highest BCUT2D eigenvalue weighted by Crippen LogP contribution is 2.31. The average Bonchev–Trinajstić information content (AvgIpc) is 3.06. The van der Waals surface area contributed by atoms with E-state index in [4.69, 9.17) is 0 Å². The molecular formula is C16H25N3OS. The quantitative estimate of drug-likeness (QED) is 0.855. The van der Waals surface area contributed by atoms with Crippen molar-refractivity contribution in [3.8, 4) is 0 Å². The van der Waals surface area contributed by atoms with Crippen molar-refractivity contribution in [3.63, 3.8) is 0 Å². The molecule has 0 saturated carbocycles. The molecule has 0 bridgehead atoms. The van der Waals surface area contributed by atoms with Crippen LogP contribution in [0.15, 0.2) is 12.2 Å². The van der Waals surface area contributed by atoms with E-state index in [9.17, 15) is 4.79 Å². The lowest BCUT2D eigenvalue weighted by atomic mass is 10.2. The summed E-state index contributed by atoms with van der Waals surface area (Å²) in [7, 11) is 1.86. The van der Waals surface area contributed by atoms with Gasteiger partial charge in [0.2, 0.25) is 0 Å². The van der Waals surface area contributed by atoms with Crippen LogP contribution in [0.25, 0.3) is 0 Å². The molecule has 2 amide bonds. The largest absolute Gasteiger partial charge is 0.335 e. The first kappa shape index (κ1) is 16.0. The van der Waals surface area contributed by atoms with Crippen LogP contribution in [0.5, 0.6) is 0 Å². The first-order valence-electron chi connectivity index (χ1n) is 7.55. The monoisotopic (exact) mass is 307 g/mol. The molecule has 0 saturated heterocycles. The molecule has 0 fully saturated rings. The van der Waals surface area contributed by atoms with Crippen molar-refractivity contribution in [1.82, 2.24) is 15.2 Å². The Balaban J connectivity index is 2.04. The number of urea groups is 1. The topological polar surface area (TPSA) is 45.2 Å². The van der Waals surface area contributed by atoms with E-state index >= 15 is 0 Å². The Morgan fingerprint density at radius 2 is 2.00 bits per heavy atom. The van der Waals surface area contributed by atoms with Gasteiger partial charge in [0.25, 0.3) is 0 Å². The average molecular weight is 307 g/mol. The van der Waals surface area contributed by atoms with Gasteiger partial charge in [-0.15, -0.1) is 11.3 Å². The zero-order valence-electron chi connectivity index (χ0n) is 13.5. The van der Waals surface area contributed by atoms with Crippen LogP contribution < -0.4 is 5.32 Å². The Bertz CT molecular complexity index is 528. The van der Waals surface area contributed by atoms with Gasteiger partial charge in [-0.3, -0.25) is 0 Å². The Hall–Kier alpha value is -1.36. The zero-order valence-corrected chi connectivity index (χ0v) is 14.3. The summed E-state index contributed by atoms with van der Waals surface area (Å²) in [5.74, 6) is 0.429. The van der Waals surface area contributed by atoms with E-state index in [1.807, 2.05) is 14.0 Å². The minimum atomic E-state index is -0.00454. The van der Waals surface area contributed by atoms with Crippen molar-refractivity contribution >= 4 is 17.4 Å². The summed E-state index contributed by atoms with van der Waals surface area (Å²) in [6.45, 7) is 8.39. The third kappa shape index (κ3) is 3.64. The van der Waals surface area contributed by atoms with Gasteiger partial charge in [0.1, 0.15) is 0 Å². The smallest absolute Gasteiger partial charge is 0.317 e. The fraction of sp³-hybridized carbons (Fsp3) is 0.625. The van der Waals surface area contributed by atoms with Crippen LogP contribution in [-0.4, -0.2) is 29.0 Å². The van der Waals surface area contributed by atoms with Gasteiger partial charge in [0.05, 0.1) is 16.7 Å². The molecule has 1 heterocycles. The molecule has 0 aromatic carbocycles.